The zero-order valence-electron chi connectivity index (χ0n) is 3.55. The summed E-state index contributed by atoms with van der Waals surface area (Å²) in [5.41, 5.74) is 0. The monoisotopic (exact) mass is 92.0 g/mol. The van der Waals surface area contributed by atoms with E-state index in [9.17, 15) is 0 Å². The summed E-state index contributed by atoms with van der Waals surface area (Å²) in [6, 6.07) is 0. The number of H-pyrrole nitrogens is 1. The molecule has 0 amide bonds. The number of hydrogen-bond acceptors (Lipinski definition) is 2. The molecule has 0 fully saturated rings. The van der Waals surface area contributed by atoms with Crippen molar-refractivity contribution >= 4 is 0 Å². The molecule has 26 valence electrons. The van der Waals surface area contributed by atoms with E-state index in [0.717, 1.165) is 0 Å². The molecule has 6 heavy (non-hydrogen) atoms. The van der Waals surface area contributed by atoms with Crippen LogP contribution in [-0.2, 0) is 0 Å². The summed E-state index contributed by atoms with van der Waals surface area (Å²) in [5.74, 6) is 0. The summed E-state index contributed by atoms with van der Waals surface area (Å²) >= 11 is 0. The van der Waals surface area contributed by atoms with Crippen LogP contribution in [0.2, 0.25) is 0 Å². The molecule has 0 saturated carbocycles. The van der Waals surface area contributed by atoms with Crippen molar-refractivity contribution in [2.45, 2.75) is 0 Å². The van der Waals surface area contributed by atoms with Gasteiger partial charge in [0.2, 0.25) is 0 Å². The Bertz CT molecular complexity index is 65.3. The Kier molecular flexibility index (Phi) is 3.41. The first-order chi connectivity index (χ1) is 2.50. The van der Waals surface area contributed by atoms with E-state index in [-0.39, 0.29) is 29.6 Å². The molecule has 0 saturated heterocycles. The number of nitrogens with zero attached hydrogens (tertiary/aromatic N) is 2. The van der Waals surface area contributed by atoms with E-state index in [1.807, 2.05) is 0 Å². The van der Waals surface area contributed by atoms with Gasteiger partial charge in [0.25, 0.3) is 0 Å². The molecular weight excluding hydrogens is 89.0 g/mol. The summed E-state index contributed by atoms with van der Waals surface area (Å²) in [6.07, 6.45) is 3.17. The number of rotatable bonds is 0. The van der Waals surface area contributed by atoms with Crippen molar-refractivity contribution in [3.05, 3.63) is 12.4 Å². The SMILES string of the molecule is [Na+].c1cn[nH]n1. The number of aromatic amines is 1. The molecule has 1 heterocycles. The first kappa shape index (κ1) is 6.14. The van der Waals surface area contributed by atoms with Crippen LogP contribution in [0.25, 0.3) is 0 Å². The first-order valence-electron chi connectivity index (χ1n) is 1.30. The molecule has 4 heteroatoms. The largest absolute Gasteiger partial charge is 1.00 e. The van der Waals surface area contributed by atoms with Gasteiger partial charge in [-0.2, -0.15) is 15.4 Å². The molecular formula is C2H3N3Na+. The third-order valence-corrected chi connectivity index (χ3v) is 0.331. The molecule has 3 nitrogen and oxygen atoms in total. The fourth-order valence-electron chi connectivity index (χ4n) is 0.167. The topological polar surface area (TPSA) is 41.6 Å². The van der Waals surface area contributed by atoms with Crippen molar-refractivity contribution in [1.29, 1.82) is 0 Å². The second-order valence-electron chi connectivity index (χ2n) is 0.656. The Morgan fingerprint density at radius 1 is 1.17 bits per heavy atom. The third-order valence-electron chi connectivity index (χ3n) is 0.331. The predicted octanol–water partition coefficient (Wildman–Crippen LogP) is -3.19. The fourth-order valence-corrected chi connectivity index (χ4v) is 0.167. The van der Waals surface area contributed by atoms with Gasteiger partial charge in [0, 0.05) is 0 Å². The molecule has 0 radical (unpaired) electrons. The number of nitrogens with one attached hydrogen (secondary N) is 1. The Balaban J connectivity index is 0.000000250. The molecule has 0 unspecified atom stereocenters. The Morgan fingerprint density at radius 2 is 1.67 bits per heavy atom. The van der Waals surface area contributed by atoms with Crippen LogP contribution < -0.4 is 29.6 Å². The Labute approximate surface area is 57.4 Å². The van der Waals surface area contributed by atoms with Gasteiger partial charge in [-0.15, -0.1) is 0 Å². The van der Waals surface area contributed by atoms with Crippen LogP contribution in [0, 0.1) is 0 Å². The molecule has 0 aliphatic heterocycles. The zero-order valence-corrected chi connectivity index (χ0v) is 5.55. The van der Waals surface area contributed by atoms with Gasteiger partial charge in [-0.25, -0.2) is 0 Å². The summed E-state index contributed by atoms with van der Waals surface area (Å²) < 4.78 is 0. The van der Waals surface area contributed by atoms with Gasteiger partial charge in [-0.3, -0.25) is 0 Å². The van der Waals surface area contributed by atoms with Gasteiger partial charge in [-0.05, 0) is 0 Å². The quantitative estimate of drug-likeness (QED) is 0.342. The summed E-state index contributed by atoms with van der Waals surface area (Å²) in [4.78, 5) is 0. The van der Waals surface area contributed by atoms with Crippen LogP contribution in [-0.4, -0.2) is 15.4 Å². The van der Waals surface area contributed by atoms with Crippen LogP contribution >= 0.6 is 0 Å². The summed E-state index contributed by atoms with van der Waals surface area (Å²) in [5, 5.41) is 9.33. The van der Waals surface area contributed by atoms with Crippen molar-refractivity contribution in [2.75, 3.05) is 0 Å². The number of aromatic nitrogens is 3. The van der Waals surface area contributed by atoms with Crippen LogP contribution in [0.3, 0.4) is 0 Å². The maximum absolute atomic E-state index is 3.49. The first-order valence-corrected chi connectivity index (χ1v) is 1.30. The van der Waals surface area contributed by atoms with Crippen LogP contribution in [0.15, 0.2) is 12.4 Å². The van der Waals surface area contributed by atoms with E-state index in [0.29, 0.717) is 0 Å². The van der Waals surface area contributed by atoms with Gasteiger partial charge in [0.1, 0.15) is 0 Å². The van der Waals surface area contributed by atoms with Crippen LogP contribution in [0.1, 0.15) is 0 Å². The van der Waals surface area contributed by atoms with E-state index in [1.165, 1.54) is 0 Å². The van der Waals surface area contributed by atoms with E-state index in [2.05, 4.69) is 15.4 Å². The van der Waals surface area contributed by atoms with E-state index in [4.69, 9.17) is 0 Å². The normalized spacial score (nSPS) is 6.67. The number of hydrogen-bond donors (Lipinski definition) is 1. The third kappa shape index (κ3) is 1.55. The second kappa shape index (κ2) is 3.33. The van der Waals surface area contributed by atoms with Gasteiger partial charge < -0.3 is 0 Å². The van der Waals surface area contributed by atoms with Gasteiger partial charge in [0.15, 0.2) is 0 Å². The molecule has 0 aromatic carbocycles. The van der Waals surface area contributed by atoms with E-state index >= 15 is 0 Å². The smallest absolute Gasteiger partial charge is 0.198 e. The zero-order chi connectivity index (χ0) is 3.54. The minimum Gasteiger partial charge on any atom is -0.198 e. The van der Waals surface area contributed by atoms with Gasteiger partial charge in [-0.1, -0.05) is 0 Å². The van der Waals surface area contributed by atoms with Crippen molar-refractivity contribution < 1.29 is 29.6 Å². The molecule has 1 N–H and O–H groups in total. The summed E-state index contributed by atoms with van der Waals surface area (Å²) in [6.45, 7) is 0. The maximum Gasteiger partial charge on any atom is 1.00 e. The second-order valence-corrected chi connectivity index (χ2v) is 0.656. The van der Waals surface area contributed by atoms with Crippen molar-refractivity contribution in [2.24, 2.45) is 0 Å². The van der Waals surface area contributed by atoms with Crippen LogP contribution in [0.4, 0.5) is 0 Å². The van der Waals surface area contributed by atoms with E-state index < -0.39 is 0 Å². The molecule has 1 rings (SSSR count). The molecule has 0 aliphatic rings. The van der Waals surface area contributed by atoms with Crippen molar-refractivity contribution in [1.82, 2.24) is 15.4 Å². The van der Waals surface area contributed by atoms with Gasteiger partial charge >= 0.3 is 29.6 Å². The molecule has 0 spiro atoms. The van der Waals surface area contributed by atoms with Crippen molar-refractivity contribution in [3.8, 4) is 0 Å². The molecule has 1 aromatic heterocycles. The maximum atomic E-state index is 3.49. The Morgan fingerprint density at radius 3 is 1.83 bits per heavy atom. The Hall–Kier alpha value is 0.140. The van der Waals surface area contributed by atoms with E-state index in [1.54, 1.807) is 12.4 Å². The minimum absolute atomic E-state index is 0. The minimum atomic E-state index is 0. The molecule has 0 bridgehead atoms. The molecule has 1 aromatic rings. The van der Waals surface area contributed by atoms with Crippen LogP contribution in [0.5, 0.6) is 0 Å². The average molecular weight is 92.1 g/mol. The van der Waals surface area contributed by atoms with Gasteiger partial charge in [0.05, 0.1) is 12.4 Å². The van der Waals surface area contributed by atoms with Crippen molar-refractivity contribution in [3.63, 3.8) is 0 Å². The fraction of sp³-hybridized carbons (Fsp3) is 0. The standard InChI is InChI=1S/C2H3N3.Na/c1-2-4-5-3-1;/h1-2H,(H,3,4,5);/q;+1. The summed E-state index contributed by atoms with van der Waals surface area (Å²) in [7, 11) is 0. The predicted molar refractivity (Wildman–Crippen MR) is 16.4 cm³/mol. The molecule has 0 atom stereocenters. The average Bonchev–Trinajstić information content (AvgIpc) is 1.76. The molecule has 0 aliphatic carbocycles.